The third kappa shape index (κ3) is 6.59. The number of aromatic nitrogens is 5. The van der Waals surface area contributed by atoms with Gasteiger partial charge in [0, 0.05) is 39.9 Å². The van der Waals surface area contributed by atoms with E-state index in [0.717, 1.165) is 83.0 Å². The minimum atomic E-state index is 0.588. The molecule has 0 spiro atoms. The van der Waals surface area contributed by atoms with Gasteiger partial charge < -0.3 is 0 Å². The van der Waals surface area contributed by atoms with Crippen molar-refractivity contribution < 1.29 is 0 Å². The summed E-state index contributed by atoms with van der Waals surface area (Å²) in [5, 5.41) is 2.19. The molecule has 0 aliphatic rings. The van der Waals surface area contributed by atoms with Gasteiger partial charge in [0.25, 0.3) is 0 Å². The van der Waals surface area contributed by atoms with Crippen LogP contribution < -0.4 is 0 Å². The number of fused-ring (bicyclic) bond motifs is 2. The molecule has 262 valence electrons. The Bertz CT molecular complexity index is 2800. The lowest BCUT2D eigenvalue weighted by molar-refractivity contribution is 1.07. The van der Waals surface area contributed by atoms with Gasteiger partial charge in [-0.3, -0.25) is 9.97 Å². The lowest BCUT2D eigenvalue weighted by Gasteiger charge is -2.13. The first-order valence-electron chi connectivity index (χ1n) is 18.6. The molecule has 7 aromatic carbocycles. The zero-order chi connectivity index (χ0) is 37.3. The van der Waals surface area contributed by atoms with E-state index in [1.54, 1.807) is 0 Å². The summed E-state index contributed by atoms with van der Waals surface area (Å²) in [6.45, 7) is 0. The van der Waals surface area contributed by atoms with Gasteiger partial charge in [-0.15, -0.1) is 0 Å². The monoisotopic (exact) mass is 715 g/mol. The normalized spacial score (nSPS) is 11.2. The summed E-state index contributed by atoms with van der Waals surface area (Å²) >= 11 is 0. The molecule has 0 bridgehead atoms. The molecule has 3 heterocycles. The Hall–Kier alpha value is -7.63. The van der Waals surface area contributed by atoms with E-state index in [-0.39, 0.29) is 0 Å². The molecule has 0 unspecified atom stereocenters. The Morgan fingerprint density at radius 3 is 1.04 bits per heavy atom. The summed E-state index contributed by atoms with van der Waals surface area (Å²) in [6, 6.07) is 65.2. The van der Waals surface area contributed by atoms with Crippen LogP contribution in [0.1, 0.15) is 0 Å². The molecule has 0 saturated heterocycles. The van der Waals surface area contributed by atoms with Crippen LogP contribution >= 0.6 is 0 Å². The quantitative estimate of drug-likeness (QED) is 0.164. The fourth-order valence-corrected chi connectivity index (χ4v) is 7.23. The van der Waals surface area contributed by atoms with Gasteiger partial charge in [-0.1, -0.05) is 146 Å². The third-order valence-corrected chi connectivity index (χ3v) is 10.2. The van der Waals surface area contributed by atoms with Crippen LogP contribution in [0.3, 0.4) is 0 Å². The summed E-state index contributed by atoms with van der Waals surface area (Å²) in [6.07, 6.45) is 3.67. The van der Waals surface area contributed by atoms with Crippen molar-refractivity contribution in [1.29, 1.82) is 0 Å². The van der Waals surface area contributed by atoms with Crippen LogP contribution in [-0.2, 0) is 0 Å². The first-order chi connectivity index (χ1) is 27.7. The molecule has 0 fully saturated rings. The third-order valence-electron chi connectivity index (χ3n) is 10.2. The Kier molecular flexibility index (Phi) is 8.43. The molecule has 5 nitrogen and oxygen atoms in total. The van der Waals surface area contributed by atoms with Gasteiger partial charge in [0.2, 0.25) is 0 Å². The number of nitrogens with zero attached hydrogens (tertiary/aromatic N) is 5. The molecule has 0 aliphatic carbocycles. The summed E-state index contributed by atoms with van der Waals surface area (Å²) in [7, 11) is 0. The molecular formula is C51H33N5. The molecule has 10 rings (SSSR count). The van der Waals surface area contributed by atoms with Crippen LogP contribution in [0.5, 0.6) is 0 Å². The highest BCUT2D eigenvalue weighted by molar-refractivity contribution is 5.89. The van der Waals surface area contributed by atoms with E-state index in [1.807, 2.05) is 36.7 Å². The van der Waals surface area contributed by atoms with E-state index in [2.05, 4.69) is 174 Å². The molecule has 0 aliphatic heterocycles. The number of hydrogen-bond donors (Lipinski definition) is 0. The molecule has 0 radical (unpaired) electrons. The largest absolute Gasteiger partial charge is 0.256 e. The van der Waals surface area contributed by atoms with Crippen molar-refractivity contribution >= 4 is 21.8 Å². The van der Waals surface area contributed by atoms with Gasteiger partial charge in [-0.2, -0.15) is 0 Å². The van der Waals surface area contributed by atoms with E-state index in [1.165, 1.54) is 0 Å². The van der Waals surface area contributed by atoms with Gasteiger partial charge >= 0.3 is 0 Å². The standard InChI is InChI=1S/C51H33N5/c1-3-9-34(10-4-1)36-15-21-40(22-16-36)49-54-50(41-23-17-37(18-24-41)35-11-5-2-6-12-35)56-51(55-49)46-30-44(42-25-19-38-13-7-27-52-47(38)32-42)29-45(31-46)43-26-20-39-14-8-28-53-48(39)33-43/h1-33H. The Labute approximate surface area is 324 Å². The number of pyridine rings is 2. The summed E-state index contributed by atoms with van der Waals surface area (Å²) in [5.74, 6) is 1.80. The zero-order valence-electron chi connectivity index (χ0n) is 30.3. The first-order valence-corrected chi connectivity index (χ1v) is 18.6. The van der Waals surface area contributed by atoms with E-state index < -0.39 is 0 Å². The van der Waals surface area contributed by atoms with Gasteiger partial charge in [0.1, 0.15) is 0 Å². The van der Waals surface area contributed by atoms with Crippen LogP contribution in [0.15, 0.2) is 200 Å². The van der Waals surface area contributed by atoms with Crippen molar-refractivity contribution in [2.45, 2.75) is 0 Å². The Balaban J connectivity index is 1.15. The highest BCUT2D eigenvalue weighted by Gasteiger charge is 2.16. The van der Waals surface area contributed by atoms with E-state index in [9.17, 15) is 0 Å². The lowest BCUT2D eigenvalue weighted by Crippen LogP contribution is -2.01. The predicted octanol–water partition coefficient (Wildman–Crippen LogP) is 12.6. The van der Waals surface area contributed by atoms with Crippen molar-refractivity contribution in [2.24, 2.45) is 0 Å². The molecular weight excluding hydrogens is 683 g/mol. The molecule has 0 saturated carbocycles. The summed E-state index contributed by atoms with van der Waals surface area (Å²) in [5.41, 5.74) is 13.3. The highest BCUT2D eigenvalue weighted by atomic mass is 15.0. The number of hydrogen-bond acceptors (Lipinski definition) is 5. The van der Waals surface area contributed by atoms with Crippen molar-refractivity contribution in [3.05, 3.63) is 200 Å². The molecule has 0 N–H and O–H groups in total. The van der Waals surface area contributed by atoms with Crippen molar-refractivity contribution in [1.82, 2.24) is 24.9 Å². The lowest BCUT2D eigenvalue weighted by atomic mass is 9.94. The van der Waals surface area contributed by atoms with E-state index in [4.69, 9.17) is 15.0 Å². The average Bonchev–Trinajstić information content (AvgIpc) is 3.29. The van der Waals surface area contributed by atoms with E-state index in [0.29, 0.717) is 17.5 Å². The van der Waals surface area contributed by atoms with Crippen LogP contribution in [0.4, 0.5) is 0 Å². The maximum Gasteiger partial charge on any atom is 0.164 e. The van der Waals surface area contributed by atoms with Crippen molar-refractivity contribution in [2.75, 3.05) is 0 Å². The molecule has 10 aromatic rings. The average molecular weight is 716 g/mol. The Morgan fingerprint density at radius 1 is 0.232 bits per heavy atom. The zero-order valence-corrected chi connectivity index (χ0v) is 30.3. The van der Waals surface area contributed by atoms with Crippen molar-refractivity contribution in [3.8, 4) is 78.7 Å². The van der Waals surface area contributed by atoms with Crippen molar-refractivity contribution in [3.63, 3.8) is 0 Å². The highest BCUT2D eigenvalue weighted by Crippen LogP contribution is 2.35. The smallest absolute Gasteiger partial charge is 0.164 e. The Morgan fingerprint density at radius 2 is 0.589 bits per heavy atom. The van der Waals surface area contributed by atoms with Crippen LogP contribution in [0, 0.1) is 0 Å². The second-order valence-corrected chi connectivity index (χ2v) is 13.8. The minimum Gasteiger partial charge on any atom is -0.256 e. The molecule has 5 heteroatoms. The van der Waals surface area contributed by atoms with Crippen LogP contribution in [0.2, 0.25) is 0 Å². The molecule has 56 heavy (non-hydrogen) atoms. The second kappa shape index (κ2) is 14.3. The van der Waals surface area contributed by atoms with E-state index >= 15 is 0 Å². The summed E-state index contributed by atoms with van der Waals surface area (Å²) < 4.78 is 0. The fraction of sp³-hybridized carbons (Fsp3) is 0. The maximum atomic E-state index is 5.19. The molecule has 0 atom stereocenters. The number of benzene rings is 7. The molecule has 3 aromatic heterocycles. The van der Waals surface area contributed by atoms with Gasteiger partial charge in [0.05, 0.1) is 11.0 Å². The SMILES string of the molecule is c1ccc(-c2ccc(-c3nc(-c4ccc(-c5ccccc5)cc4)nc(-c4cc(-c5ccc6cccnc6c5)cc(-c5ccc6cccnc6c5)c4)n3)cc2)cc1. The van der Waals surface area contributed by atoms with Gasteiger partial charge in [-0.05, 0) is 87.0 Å². The van der Waals surface area contributed by atoms with Crippen LogP contribution in [-0.4, -0.2) is 24.9 Å². The van der Waals surface area contributed by atoms with Crippen LogP contribution in [0.25, 0.3) is 100 Å². The number of rotatable bonds is 7. The fourth-order valence-electron chi connectivity index (χ4n) is 7.23. The second-order valence-electron chi connectivity index (χ2n) is 13.8. The summed E-state index contributed by atoms with van der Waals surface area (Å²) in [4.78, 5) is 24.8. The van der Waals surface area contributed by atoms with Gasteiger partial charge in [0.15, 0.2) is 17.5 Å². The molecule has 0 amide bonds. The predicted molar refractivity (Wildman–Crippen MR) is 228 cm³/mol. The maximum absolute atomic E-state index is 5.19. The first kappa shape index (κ1) is 33.0. The minimum absolute atomic E-state index is 0.588. The van der Waals surface area contributed by atoms with Gasteiger partial charge in [-0.25, -0.2) is 15.0 Å². The topological polar surface area (TPSA) is 64.5 Å².